The molecule has 2 N–H and O–H groups in total. The SMILES string of the molecule is CN(c1cccc(C(=O)O)n1)C1CCC(O)CC1. The smallest absolute Gasteiger partial charge is 0.354 e. The van der Waals surface area contributed by atoms with Crippen molar-refractivity contribution < 1.29 is 15.0 Å². The minimum absolute atomic E-state index is 0.0650. The van der Waals surface area contributed by atoms with Crippen molar-refractivity contribution in [3.8, 4) is 0 Å². The topological polar surface area (TPSA) is 73.7 Å². The van der Waals surface area contributed by atoms with Gasteiger partial charge in [0.2, 0.25) is 0 Å². The molecule has 0 radical (unpaired) electrons. The molecule has 0 unspecified atom stereocenters. The average molecular weight is 250 g/mol. The summed E-state index contributed by atoms with van der Waals surface area (Å²) in [4.78, 5) is 17.0. The quantitative estimate of drug-likeness (QED) is 0.850. The molecule has 2 rings (SSSR count). The number of aromatic nitrogens is 1. The van der Waals surface area contributed by atoms with Crippen LogP contribution < -0.4 is 4.90 Å². The molecule has 1 aromatic heterocycles. The number of hydrogen-bond donors (Lipinski definition) is 2. The van der Waals surface area contributed by atoms with Crippen molar-refractivity contribution in [1.82, 2.24) is 4.98 Å². The summed E-state index contributed by atoms with van der Waals surface area (Å²) in [5.74, 6) is -0.333. The zero-order valence-electron chi connectivity index (χ0n) is 10.4. The van der Waals surface area contributed by atoms with Crippen LogP contribution in [0, 0.1) is 0 Å². The molecule has 1 aliphatic rings. The Kier molecular flexibility index (Phi) is 3.81. The number of aliphatic hydroxyl groups excluding tert-OH is 1. The molecule has 1 heterocycles. The second-order valence-electron chi connectivity index (χ2n) is 4.76. The van der Waals surface area contributed by atoms with E-state index in [4.69, 9.17) is 5.11 Å². The van der Waals surface area contributed by atoms with Crippen molar-refractivity contribution in [1.29, 1.82) is 0 Å². The highest BCUT2D eigenvalue weighted by Gasteiger charge is 2.23. The Hall–Kier alpha value is -1.62. The lowest BCUT2D eigenvalue weighted by molar-refractivity contribution is 0.0690. The molecule has 0 aliphatic heterocycles. The van der Waals surface area contributed by atoms with Gasteiger partial charge in [-0.25, -0.2) is 9.78 Å². The van der Waals surface area contributed by atoms with E-state index in [2.05, 4.69) is 4.98 Å². The monoisotopic (exact) mass is 250 g/mol. The van der Waals surface area contributed by atoms with Gasteiger partial charge in [-0.1, -0.05) is 6.07 Å². The number of hydrogen-bond acceptors (Lipinski definition) is 4. The predicted octanol–water partition coefficient (Wildman–Crippen LogP) is 1.52. The maximum Gasteiger partial charge on any atom is 0.354 e. The van der Waals surface area contributed by atoms with Crippen LogP contribution in [0.3, 0.4) is 0 Å². The number of anilines is 1. The van der Waals surface area contributed by atoms with Gasteiger partial charge in [-0.05, 0) is 37.8 Å². The molecule has 98 valence electrons. The first-order chi connectivity index (χ1) is 8.58. The number of carbonyl (C=O) groups is 1. The third-order valence-corrected chi connectivity index (χ3v) is 3.53. The van der Waals surface area contributed by atoms with Gasteiger partial charge in [0.15, 0.2) is 5.69 Å². The van der Waals surface area contributed by atoms with Gasteiger partial charge in [0.05, 0.1) is 6.10 Å². The summed E-state index contributed by atoms with van der Waals surface area (Å²) < 4.78 is 0. The van der Waals surface area contributed by atoms with Crippen LogP contribution in [-0.4, -0.2) is 40.4 Å². The molecule has 0 saturated heterocycles. The van der Waals surface area contributed by atoms with Crippen molar-refractivity contribution in [2.75, 3.05) is 11.9 Å². The molecule has 0 aromatic carbocycles. The summed E-state index contributed by atoms with van der Waals surface area (Å²) in [5, 5.41) is 18.4. The van der Waals surface area contributed by atoms with Crippen LogP contribution in [0.15, 0.2) is 18.2 Å². The van der Waals surface area contributed by atoms with E-state index < -0.39 is 5.97 Å². The van der Waals surface area contributed by atoms with Gasteiger partial charge in [-0.2, -0.15) is 0 Å². The van der Waals surface area contributed by atoms with Crippen molar-refractivity contribution in [3.05, 3.63) is 23.9 Å². The molecule has 0 spiro atoms. The minimum atomic E-state index is -1.01. The van der Waals surface area contributed by atoms with E-state index in [0.29, 0.717) is 11.9 Å². The maximum absolute atomic E-state index is 10.9. The number of pyridine rings is 1. The lowest BCUT2D eigenvalue weighted by Crippen LogP contribution is -2.37. The van der Waals surface area contributed by atoms with E-state index >= 15 is 0 Å². The molecule has 0 bridgehead atoms. The lowest BCUT2D eigenvalue weighted by Gasteiger charge is -2.33. The Bertz CT molecular complexity index is 428. The van der Waals surface area contributed by atoms with Gasteiger partial charge in [0, 0.05) is 13.1 Å². The number of aliphatic hydroxyl groups is 1. The fourth-order valence-corrected chi connectivity index (χ4v) is 2.37. The van der Waals surface area contributed by atoms with Crippen molar-refractivity contribution in [2.24, 2.45) is 0 Å². The molecular formula is C13H18N2O3. The van der Waals surface area contributed by atoms with E-state index in [-0.39, 0.29) is 11.8 Å². The van der Waals surface area contributed by atoms with Crippen LogP contribution in [0.1, 0.15) is 36.2 Å². The van der Waals surface area contributed by atoms with E-state index in [1.54, 1.807) is 6.07 Å². The van der Waals surface area contributed by atoms with E-state index in [9.17, 15) is 9.90 Å². The van der Waals surface area contributed by atoms with E-state index in [1.165, 1.54) is 6.07 Å². The van der Waals surface area contributed by atoms with Gasteiger partial charge in [-0.15, -0.1) is 0 Å². The van der Waals surface area contributed by atoms with E-state index in [0.717, 1.165) is 25.7 Å². The Balaban J connectivity index is 2.10. The summed E-state index contributed by atoms with van der Waals surface area (Å²) in [7, 11) is 1.93. The van der Waals surface area contributed by atoms with Crippen molar-refractivity contribution in [2.45, 2.75) is 37.8 Å². The molecule has 5 heteroatoms. The van der Waals surface area contributed by atoms with Gasteiger partial charge >= 0.3 is 5.97 Å². The van der Waals surface area contributed by atoms with Crippen LogP contribution in [0.4, 0.5) is 5.82 Å². The van der Waals surface area contributed by atoms with Crippen LogP contribution in [0.25, 0.3) is 0 Å². The van der Waals surface area contributed by atoms with Crippen LogP contribution in [-0.2, 0) is 0 Å². The number of nitrogens with zero attached hydrogens (tertiary/aromatic N) is 2. The molecule has 1 saturated carbocycles. The summed E-state index contributed by atoms with van der Waals surface area (Å²) in [6, 6.07) is 5.34. The fourth-order valence-electron chi connectivity index (χ4n) is 2.37. The highest BCUT2D eigenvalue weighted by atomic mass is 16.4. The standard InChI is InChI=1S/C13H18N2O3/c1-15(9-5-7-10(16)8-6-9)12-4-2-3-11(14-12)13(17)18/h2-4,9-10,16H,5-8H2,1H3,(H,17,18). The van der Waals surface area contributed by atoms with Gasteiger partial charge in [0.25, 0.3) is 0 Å². The van der Waals surface area contributed by atoms with Crippen molar-refractivity contribution >= 4 is 11.8 Å². The highest BCUT2D eigenvalue weighted by Crippen LogP contribution is 2.25. The lowest BCUT2D eigenvalue weighted by atomic mass is 9.92. The Labute approximate surface area is 106 Å². The molecule has 1 fully saturated rings. The third kappa shape index (κ3) is 2.79. The zero-order chi connectivity index (χ0) is 13.1. The van der Waals surface area contributed by atoms with Crippen LogP contribution >= 0.6 is 0 Å². The first-order valence-electron chi connectivity index (χ1n) is 6.19. The van der Waals surface area contributed by atoms with E-state index in [1.807, 2.05) is 18.0 Å². The highest BCUT2D eigenvalue weighted by molar-refractivity contribution is 5.85. The number of rotatable bonds is 3. The summed E-state index contributed by atoms with van der Waals surface area (Å²) >= 11 is 0. The summed E-state index contributed by atoms with van der Waals surface area (Å²) in [6.45, 7) is 0. The third-order valence-electron chi connectivity index (χ3n) is 3.53. The molecular weight excluding hydrogens is 232 g/mol. The van der Waals surface area contributed by atoms with Gasteiger partial charge in [-0.3, -0.25) is 0 Å². The molecule has 1 aromatic rings. The molecule has 5 nitrogen and oxygen atoms in total. The van der Waals surface area contributed by atoms with Crippen LogP contribution in [0.2, 0.25) is 0 Å². The van der Waals surface area contributed by atoms with Gasteiger partial charge in [0.1, 0.15) is 5.82 Å². The second-order valence-corrected chi connectivity index (χ2v) is 4.76. The zero-order valence-corrected chi connectivity index (χ0v) is 10.4. The summed E-state index contributed by atoms with van der Waals surface area (Å²) in [6.07, 6.45) is 3.24. The first kappa shape index (κ1) is 12.8. The number of carboxylic acid groups (broad SMARTS) is 1. The fraction of sp³-hybridized carbons (Fsp3) is 0.538. The molecule has 0 amide bonds. The first-order valence-corrected chi connectivity index (χ1v) is 6.19. The Morgan fingerprint density at radius 2 is 2.00 bits per heavy atom. The normalized spacial score (nSPS) is 23.7. The number of aromatic carboxylic acids is 1. The largest absolute Gasteiger partial charge is 0.477 e. The summed E-state index contributed by atoms with van der Waals surface area (Å²) in [5.41, 5.74) is 0.0650. The minimum Gasteiger partial charge on any atom is -0.477 e. The number of carboxylic acids is 1. The maximum atomic E-state index is 10.9. The van der Waals surface area contributed by atoms with Gasteiger partial charge < -0.3 is 15.1 Å². The molecule has 1 aliphatic carbocycles. The predicted molar refractivity (Wildman–Crippen MR) is 67.9 cm³/mol. The Morgan fingerprint density at radius 3 is 2.61 bits per heavy atom. The molecule has 0 atom stereocenters. The van der Waals surface area contributed by atoms with Crippen LogP contribution in [0.5, 0.6) is 0 Å². The Morgan fingerprint density at radius 1 is 1.33 bits per heavy atom. The van der Waals surface area contributed by atoms with Crippen molar-refractivity contribution in [3.63, 3.8) is 0 Å². The second kappa shape index (κ2) is 5.35. The average Bonchev–Trinajstić information content (AvgIpc) is 2.39. The molecule has 18 heavy (non-hydrogen) atoms.